The van der Waals surface area contributed by atoms with E-state index in [4.69, 9.17) is 10.7 Å². The Labute approximate surface area is 173 Å². The molecule has 0 amide bonds. The first-order valence-corrected chi connectivity index (χ1v) is 10.4. The van der Waals surface area contributed by atoms with Crippen LogP contribution in [0, 0.1) is 11.6 Å². The van der Waals surface area contributed by atoms with E-state index in [2.05, 4.69) is 4.57 Å². The molecule has 0 radical (unpaired) electrons. The predicted molar refractivity (Wildman–Crippen MR) is 112 cm³/mol. The fourth-order valence-corrected chi connectivity index (χ4v) is 4.38. The number of aliphatic hydroxyl groups excluding tert-OH is 1. The molecule has 0 aliphatic heterocycles. The second-order valence-corrected chi connectivity index (χ2v) is 8.30. The summed E-state index contributed by atoms with van der Waals surface area (Å²) in [7, 11) is 0. The van der Waals surface area contributed by atoms with Gasteiger partial charge in [-0.15, -0.1) is 0 Å². The number of imidazole rings is 1. The number of nitrogens with zero attached hydrogens (tertiary/aromatic N) is 2. The average Bonchev–Trinajstić information content (AvgIpc) is 2.97. The number of aryl methyl sites for hydroxylation is 1. The summed E-state index contributed by atoms with van der Waals surface area (Å²) in [5, 5.41) is 10.1. The van der Waals surface area contributed by atoms with E-state index in [1.807, 2.05) is 38.1 Å². The highest BCUT2D eigenvalue weighted by Gasteiger charge is 2.21. The number of aliphatic hydroxyl groups is 1. The average molecular weight is 418 g/mol. The van der Waals surface area contributed by atoms with Gasteiger partial charge in [-0.25, -0.2) is 13.8 Å². The molecule has 4 nitrogen and oxygen atoms in total. The van der Waals surface area contributed by atoms with Crippen LogP contribution in [0.1, 0.15) is 43.3 Å². The highest BCUT2D eigenvalue weighted by molar-refractivity contribution is 7.99. The van der Waals surface area contributed by atoms with Crippen LogP contribution in [-0.4, -0.2) is 21.3 Å². The van der Waals surface area contributed by atoms with E-state index in [1.165, 1.54) is 23.9 Å². The Morgan fingerprint density at radius 2 is 1.86 bits per heavy atom. The van der Waals surface area contributed by atoms with Crippen LogP contribution in [0.2, 0.25) is 0 Å². The van der Waals surface area contributed by atoms with Gasteiger partial charge in [0.15, 0.2) is 0 Å². The van der Waals surface area contributed by atoms with Crippen LogP contribution in [0.5, 0.6) is 0 Å². The first kappa shape index (κ1) is 21.3. The maximum absolute atomic E-state index is 13.7. The second-order valence-electron chi connectivity index (χ2n) is 7.24. The molecule has 0 unspecified atom stereocenters. The lowest BCUT2D eigenvalue weighted by molar-refractivity contribution is 0.287. The molecule has 3 aromatic rings. The Hall–Kier alpha value is -2.38. The fourth-order valence-electron chi connectivity index (χ4n) is 3.15. The SMILES string of the molecule is CC(C)c1nc(CCCO)n(Cc2cccc(N)c2)c1Sc1cc(F)cc(F)c1. The number of hydrogen-bond donors (Lipinski definition) is 2. The molecule has 7 heteroatoms. The number of nitrogen functional groups attached to an aromatic ring is 1. The summed E-state index contributed by atoms with van der Waals surface area (Å²) in [5.74, 6) is -0.252. The van der Waals surface area contributed by atoms with Crippen molar-refractivity contribution >= 4 is 17.4 Å². The Kier molecular flexibility index (Phi) is 6.92. The molecule has 0 aliphatic rings. The minimum atomic E-state index is -0.610. The van der Waals surface area contributed by atoms with Gasteiger partial charge in [-0.2, -0.15) is 0 Å². The van der Waals surface area contributed by atoms with Crippen molar-refractivity contribution in [2.45, 2.75) is 49.1 Å². The molecule has 0 aliphatic carbocycles. The summed E-state index contributed by atoms with van der Waals surface area (Å²) >= 11 is 1.30. The number of halogens is 2. The first-order chi connectivity index (χ1) is 13.9. The quantitative estimate of drug-likeness (QED) is 0.507. The van der Waals surface area contributed by atoms with Crippen molar-refractivity contribution < 1.29 is 13.9 Å². The van der Waals surface area contributed by atoms with Gasteiger partial charge in [0.1, 0.15) is 22.5 Å². The van der Waals surface area contributed by atoms with E-state index in [-0.39, 0.29) is 12.5 Å². The standard InChI is InChI=1S/C22H25F2N3OS/c1-14(2)21-22(29-19-11-16(23)10-17(24)12-19)27(20(26-21)7-4-8-28)13-15-5-3-6-18(25)9-15/h3,5-6,9-12,14,28H,4,7-8,13,25H2,1-2H3. The summed E-state index contributed by atoms with van der Waals surface area (Å²) in [6.07, 6.45) is 1.20. The summed E-state index contributed by atoms with van der Waals surface area (Å²) in [6.45, 7) is 4.68. The Bertz CT molecular complexity index is 968. The highest BCUT2D eigenvalue weighted by atomic mass is 32.2. The third kappa shape index (κ3) is 5.36. The lowest BCUT2D eigenvalue weighted by Gasteiger charge is -2.14. The largest absolute Gasteiger partial charge is 0.399 e. The lowest BCUT2D eigenvalue weighted by Crippen LogP contribution is -2.08. The molecule has 0 spiro atoms. The van der Waals surface area contributed by atoms with Gasteiger partial charge in [0, 0.05) is 36.2 Å². The van der Waals surface area contributed by atoms with Crippen molar-refractivity contribution in [1.29, 1.82) is 0 Å². The number of hydrogen-bond acceptors (Lipinski definition) is 4. The summed E-state index contributed by atoms with van der Waals surface area (Å²) in [4.78, 5) is 5.30. The molecule has 154 valence electrons. The van der Waals surface area contributed by atoms with Crippen LogP contribution in [0.4, 0.5) is 14.5 Å². The van der Waals surface area contributed by atoms with Crippen LogP contribution in [-0.2, 0) is 13.0 Å². The third-order valence-corrected chi connectivity index (χ3v) is 5.57. The third-order valence-electron chi connectivity index (χ3n) is 4.47. The zero-order valence-corrected chi connectivity index (χ0v) is 17.3. The maximum atomic E-state index is 13.7. The Morgan fingerprint density at radius 1 is 1.14 bits per heavy atom. The highest BCUT2D eigenvalue weighted by Crippen LogP contribution is 2.36. The minimum absolute atomic E-state index is 0.0692. The van der Waals surface area contributed by atoms with Gasteiger partial charge in [0.2, 0.25) is 0 Å². The molecule has 3 N–H and O–H groups in total. The van der Waals surface area contributed by atoms with Crippen molar-refractivity contribution in [2.24, 2.45) is 0 Å². The molecule has 2 aromatic carbocycles. The van der Waals surface area contributed by atoms with Gasteiger partial charge in [0.25, 0.3) is 0 Å². The molecule has 1 aromatic heterocycles. The van der Waals surface area contributed by atoms with E-state index < -0.39 is 11.6 Å². The zero-order chi connectivity index (χ0) is 21.0. The van der Waals surface area contributed by atoms with Crippen LogP contribution in [0.25, 0.3) is 0 Å². The number of anilines is 1. The van der Waals surface area contributed by atoms with E-state index in [9.17, 15) is 13.9 Å². The number of nitrogens with two attached hydrogens (primary N) is 1. The van der Waals surface area contributed by atoms with Crippen LogP contribution in [0.15, 0.2) is 52.4 Å². The monoisotopic (exact) mass is 417 g/mol. The molecule has 1 heterocycles. The first-order valence-electron chi connectivity index (χ1n) is 9.56. The topological polar surface area (TPSA) is 64.1 Å². The zero-order valence-electron chi connectivity index (χ0n) is 16.5. The minimum Gasteiger partial charge on any atom is -0.399 e. The number of aromatic nitrogens is 2. The van der Waals surface area contributed by atoms with E-state index in [0.717, 1.165) is 28.2 Å². The van der Waals surface area contributed by atoms with Gasteiger partial charge in [0.05, 0.1) is 5.69 Å². The summed E-state index contributed by atoms with van der Waals surface area (Å²) in [5.41, 5.74) is 8.48. The predicted octanol–water partition coefficient (Wildman–Crippen LogP) is 4.99. The molecule has 0 fully saturated rings. The molecule has 29 heavy (non-hydrogen) atoms. The normalized spacial score (nSPS) is 11.4. The van der Waals surface area contributed by atoms with Gasteiger partial charge in [-0.05, 0) is 42.2 Å². The van der Waals surface area contributed by atoms with Gasteiger partial charge in [-0.1, -0.05) is 37.7 Å². The molecule has 0 bridgehead atoms. The number of benzene rings is 2. The smallest absolute Gasteiger partial charge is 0.127 e. The Morgan fingerprint density at radius 3 is 2.48 bits per heavy atom. The van der Waals surface area contributed by atoms with Gasteiger partial charge >= 0.3 is 0 Å². The summed E-state index contributed by atoms with van der Waals surface area (Å²) < 4.78 is 29.5. The van der Waals surface area contributed by atoms with Crippen LogP contribution >= 0.6 is 11.8 Å². The molecular formula is C22H25F2N3OS. The Balaban J connectivity index is 2.08. The van der Waals surface area contributed by atoms with E-state index in [1.54, 1.807) is 0 Å². The molecule has 0 saturated heterocycles. The van der Waals surface area contributed by atoms with Crippen molar-refractivity contribution in [3.8, 4) is 0 Å². The molecular weight excluding hydrogens is 392 g/mol. The van der Waals surface area contributed by atoms with Crippen LogP contribution in [0.3, 0.4) is 0 Å². The maximum Gasteiger partial charge on any atom is 0.127 e. The lowest BCUT2D eigenvalue weighted by atomic mass is 10.1. The van der Waals surface area contributed by atoms with Crippen molar-refractivity contribution in [3.05, 3.63) is 71.2 Å². The van der Waals surface area contributed by atoms with Gasteiger partial charge < -0.3 is 15.4 Å². The van der Waals surface area contributed by atoms with E-state index in [0.29, 0.717) is 30.0 Å². The molecule has 0 atom stereocenters. The number of rotatable bonds is 8. The van der Waals surface area contributed by atoms with E-state index >= 15 is 0 Å². The van der Waals surface area contributed by atoms with Crippen molar-refractivity contribution in [2.75, 3.05) is 12.3 Å². The molecule has 0 saturated carbocycles. The van der Waals surface area contributed by atoms with Crippen LogP contribution < -0.4 is 5.73 Å². The van der Waals surface area contributed by atoms with Gasteiger partial charge in [-0.3, -0.25) is 0 Å². The van der Waals surface area contributed by atoms with Crippen molar-refractivity contribution in [3.63, 3.8) is 0 Å². The van der Waals surface area contributed by atoms with Crippen molar-refractivity contribution in [1.82, 2.24) is 9.55 Å². The second kappa shape index (κ2) is 9.41. The fraction of sp³-hybridized carbons (Fsp3) is 0.318. The summed E-state index contributed by atoms with van der Waals surface area (Å²) in [6, 6.07) is 11.1. The molecule has 3 rings (SSSR count).